The molecule has 1 unspecified atom stereocenters. The van der Waals surface area contributed by atoms with Gasteiger partial charge in [0.2, 0.25) is 5.91 Å². The Kier molecular flexibility index (Phi) is 3.26. The van der Waals surface area contributed by atoms with Crippen LogP contribution in [0.2, 0.25) is 0 Å². The van der Waals surface area contributed by atoms with E-state index in [1.54, 1.807) is 0 Å². The summed E-state index contributed by atoms with van der Waals surface area (Å²) in [4.78, 5) is 11.6. The molecule has 15 heavy (non-hydrogen) atoms. The lowest BCUT2D eigenvalue weighted by atomic mass is 10.0. The Labute approximate surface area is 90.8 Å². The average molecular weight is 212 g/mol. The molecule has 0 radical (unpaired) electrons. The van der Waals surface area contributed by atoms with Crippen molar-refractivity contribution in [3.63, 3.8) is 0 Å². The average Bonchev–Trinajstić information content (AvgIpc) is 2.89. The molecule has 2 fully saturated rings. The first-order valence-corrected chi connectivity index (χ1v) is 5.80. The van der Waals surface area contributed by atoms with E-state index in [4.69, 9.17) is 4.74 Å². The Hall–Kier alpha value is -0.610. The van der Waals surface area contributed by atoms with Crippen LogP contribution < -0.4 is 10.6 Å². The molecular weight excluding hydrogens is 192 g/mol. The SMILES string of the molecule is CC1(NC(=O)CCNC2CC2)CCOC1. The summed E-state index contributed by atoms with van der Waals surface area (Å²) in [5, 5.41) is 6.38. The predicted molar refractivity (Wildman–Crippen MR) is 57.6 cm³/mol. The van der Waals surface area contributed by atoms with Gasteiger partial charge in [-0.3, -0.25) is 4.79 Å². The Morgan fingerprint density at radius 3 is 2.93 bits per heavy atom. The molecule has 1 amide bonds. The van der Waals surface area contributed by atoms with E-state index < -0.39 is 0 Å². The molecule has 0 aromatic heterocycles. The van der Waals surface area contributed by atoms with Crippen LogP contribution in [0, 0.1) is 0 Å². The lowest BCUT2D eigenvalue weighted by Gasteiger charge is -2.23. The van der Waals surface area contributed by atoms with E-state index in [1.165, 1.54) is 12.8 Å². The molecule has 1 heterocycles. The van der Waals surface area contributed by atoms with Crippen molar-refractivity contribution in [2.24, 2.45) is 0 Å². The van der Waals surface area contributed by atoms with Gasteiger partial charge in [0.05, 0.1) is 12.1 Å². The smallest absolute Gasteiger partial charge is 0.221 e. The van der Waals surface area contributed by atoms with E-state index in [9.17, 15) is 4.79 Å². The number of rotatable bonds is 5. The number of hydrogen-bond acceptors (Lipinski definition) is 3. The fourth-order valence-electron chi connectivity index (χ4n) is 1.84. The molecule has 4 heteroatoms. The third-order valence-corrected chi connectivity index (χ3v) is 3.02. The first-order valence-electron chi connectivity index (χ1n) is 5.80. The molecule has 2 rings (SSSR count). The van der Waals surface area contributed by atoms with Crippen molar-refractivity contribution >= 4 is 5.91 Å². The van der Waals surface area contributed by atoms with Gasteiger partial charge in [-0.05, 0) is 26.2 Å². The first kappa shape index (κ1) is 10.9. The lowest BCUT2D eigenvalue weighted by Crippen LogP contribution is -2.47. The second-order valence-corrected chi connectivity index (χ2v) is 4.89. The number of carbonyl (C=O) groups is 1. The van der Waals surface area contributed by atoms with Gasteiger partial charge in [-0.2, -0.15) is 0 Å². The quantitative estimate of drug-likeness (QED) is 0.694. The highest BCUT2D eigenvalue weighted by Gasteiger charge is 2.31. The molecule has 1 aliphatic carbocycles. The fraction of sp³-hybridized carbons (Fsp3) is 0.909. The molecule has 1 saturated carbocycles. The zero-order chi connectivity index (χ0) is 10.7. The van der Waals surface area contributed by atoms with Crippen LogP contribution in [-0.2, 0) is 9.53 Å². The maximum atomic E-state index is 11.6. The third kappa shape index (κ3) is 3.47. The van der Waals surface area contributed by atoms with Crippen molar-refractivity contribution < 1.29 is 9.53 Å². The highest BCUT2D eigenvalue weighted by molar-refractivity contribution is 5.77. The number of hydrogen-bond donors (Lipinski definition) is 2. The summed E-state index contributed by atoms with van der Waals surface area (Å²) in [5.41, 5.74) is -0.128. The number of nitrogens with one attached hydrogen (secondary N) is 2. The predicted octanol–water partition coefficient (Wildman–Crippen LogP) is 0.424. The molecule has 1 atom stereocenters. The molecule has 4 nitrogen and oxygen atoms in total. The lowest BCUT2D eigenvalue weighted by molar-refractivity contribution is -0.122. The van der Waals surface area contributed by atoms with Crippen LogP contribution >= 0.6 is 0 Å². The molecule has 2 N–H and O–H groups in total. The van der Waals surface area contributed by atoms with E-state index in [0.717, 1.165) is 19.6 Å². The van der Waals surface area contributed by atoms with Crippen molar-refractivity contribution in [1.82, 2.24) is 10.6 Å². The maximum Gasteiger partial charge on any atom is 0.221 e. The van der Waals surface area contributed by atoms with Crippen LogP contribution in [0.3, 0.4) is 0 Å². The second kappa shape index (κ2) is 4.49. The summed E-state index contributed by atoms with van der Waals surface area (Å²) in [5.74, 6) is 0.135. The molecule has 86 valence electrons. The highest BCUT2D eigenvalue weighted by Crippen LogP contribution is 2.19. The van der Waals surface area contributed by atoms with Crippen molar-refractivity contribution in [3.8, 4) is 0 Å². The van der Waals surface area contributed by atoms with Crippen LogP contribution in [0.15, 0.2) is 0 Å². The third-order valence-electron chi connectivity index (χ3n) is 3.02. The van der Waals surface area contributed by atoms with Crippen LogP contribution in [0.5, 0.6) is 0 Å². The zero-order valence-electron chi connectivity index (χ0n) is 9.34. The minimum atomic E-state index is -0.128. The fourth-order valence-corrected chi connectivity index (χ4v) is 1.84. The largest absolute Gasteiger partial charge is 0.379 e. The van der Waals surface area contributed by atoms with Crippen LogP contribution in [-0.4, -0.2) is 37.2 Å². The number of amides is 1. The normalized spacial score (nSPS) is 30.5. The summed E-state index contributed by atoms with van der Waals surface area (Å²) < 4.78 is 5.28. The van der Waals surface area contributed by atoms with Gasteiger partial charge in [-0.25, -0.2) is 0 Å². The molecule has 1 saturated heterocycles. The van der Waals surface area contributed by atoms with Crippen LogP contribution in [0.1, 0.15) is 32.6 Å². The molecule has 0 aromatic carbocycles. The van der Waals surface area contributed by atoms with Crippen molar-refractivity contribution in [2.75, 3.05) is 19.8 Å². The summed E-state index contributed by atoms with van der Waals surface area (Å²) in [6.07, 6.45) is 4.04. The minimum Gasteiger partial charge on any atom is -0.379 e. The standard InChI is InChI=1S/C11H20N2O2/c1-11(5-7-15-8-11)13-10(14)4-6-12-9-2-3-9/h9,12H,2-8H2,1H3,(H,13,14). The van der Waals surface area contributed by atoms with Gasteiger partial charge in [-0.15, -0.1) is 0 Å². The number of carbonyl (C=O) groups excluding carboxylic acids is 1. The zero-order valence-corrected chi connectivity index (χ0v) is 9.34. The Balaban J connectivity index is 1.62. The number of ether oxygens (including phenoxy) is 1. The Morgan fingerprint density at radius 2 is 2.33 bits per heavy atom. The molecule has 2 aliphatic rings. The van der Waals surface area contributed by atoms with E-state index in [0.29, 0.717) is 19.1 Å². The molecule has 0 bridgehead atoms. The van der Waals surface area contributed by atoms with Crippen molar-refractivity contribution in [3.05, 3.63) is 0 Å². The van der Waals surface area contributed by atoms with Gasteiger partial charge in [-0.1, -0.05) is 0 Å². The van der Waals surface area contributed by atoms with E-state index in [-0.39, 0.29) is 11.4 Å². The molecular formula is C11H20N2O2. The Morgan fingerprint density at radius 1 is 1.53 bits per heavy atom. The second-order valence-electron chi connectivity index (χ2n) is 4.89. The van der Waals surface area contributed by atoms with Gasteiger partial charge in [0.25, 0.3) is 0 Å². The van der Waals surface area contributed by atoms with Crippen LogP contribution in [0.25, 0.3) is 0 Å². The molecule has 0 aromatic rings. The van der Waals surface area contributed by atoms with Gasteiger partial charge < -0.3 is 15.4 Å². The van der Waals surface area contributed by atoms with E-state index in [1.807, 2.05) is 6.92 Å². The summed E-state index contributed by atoms with van der Waals surface area (Å²) in [7, 11) is 0. The highest BCUT2D eigenvalue weighted by atomic mass is 16.5. The van der Waals surface area contributed by atoms with Gasteiger partial charge in [0.1, 0.15) is 0 Å². The maximum absolute atomic E-state index is 11.6. The van der Waals surface area contributed by atoms with Gasteiger partial charge in [0.15, 0.2) is 0 Å². The summed E-state index contributed by atoms with van der Waals surface area (Å²) >= 11 is 0. The molecule has 0 spiro atoms. The topological polar surface area (TPSA) is 50.4 Å². The van der Waals surface area contributed by atoms with Crippen molar-refractivity contribution in [1.29, 1.82) is 0 Å². The van der Waals surface area contributed by atoms with Crippen molar-refractivity contribution in [2.45, 2.75) is 44.2 Å². The minimum absolute atomic E-state index is 0.128. The van der Waals surface area contributed by atoms with E-state index in [2.05, 4.69) is 10.6 Å². The van der Waals surface area contributed by atoms with Gasteiger partial charge >= 0.3 is 0 Å². The monoisotopic (exact) mass is 212 g/mol. The summed E-state index contributed by atoms with van der Waals surface area (Å²) in [6.45, 7) is 4.26. The van der Waals surface area contributed by atoms with Gasteiger partial charge in [0, 0.05) is 25.6 Å². The van der Waals surface area contributed by atoms with E-state index >= 15 is 0 Å². The summed E-state index contributed by atoms with van der Waals surface area (Å²) in [6, 6.07) is 0.684. The first-order chi connectivity index (χ1) is 7.18. The van der Waals surface area contributed by atoms with Crippen LogP contribution in [0.4, 0.5) is 0 Å². The molecule has 1 aliphatic heterocycles. The Bertz CT molecular complexity index is 233.